The Morgan fingerprint density at radius 1 is 1.26 bits per heavy atom. The first-order valence-electron chi connectivity index (χ1n) is 6.74. The predicted molar refractivity (Wildman–Crippen MR) is 75.1 cm³/mol. The third kappa shape index (κ3) is 6.25. The first-order chi connectivity index (χ1) is 9.13. The van der Waals surface area contributed by atoms with Gasteiger partial charge in [0.05, 0.1) is 12.5 Å². The van der Waals surface area contributed by atoms with Gasteiger partial charge < -0.3 is 15.6 Å². The summed E-state index contributed by atoms with van der Waals surface area (Å²) in [7, 11) is 0. The summed E-state index contributed by atoms with van der Waals surface area (Å²) in [4.78, 5) is 10.8. The molecule has 0 amide bonds. The van der Waals surface area contributed by atoms with Crippen LogP contribution < -0.4 is 10.5 Å². The number of carboxylic acid groups (broad SMARTS) is 1. The standard InChI is InChI=1S/C15H23NO3/c1-12(7-8-13(11-16)15(17)18)9-10-19-14-5-3-2-4-6-14/h2-6,12-13H,7-11,16H2,1H3,(H,17,18). The maximum absolute atomic E-state index is 10.8. The summed E-state index contributed by atoms with van der Waals surface area (Å²) in [5.41, 5.74) is 5.43. The summed E-state index contributed by atoms with van der Waals surface area (Å²) in [6.45, 7) is 2.98. The highest BCUT2D eigenvalue weighted by atomic mass is 16.5. The van der Waals surface area contributed by atoms with Gasteiger partial charge in [-0.05, 0) is 37.3 Å². The molecule has 3 N–H and O–H groups in total. The van der Waals surface area contributed by atoms with Crippen molar-refractivity contribution in [1.29, 1.82) is 0 Å². The molecule has 2 unspecified atom stereocenters. The van der Waals surface area contributed by atoms with Crippen LogP contribution in [0.5, 0.6) is 5.75 Å². The lowest BCUT2D eigenvalue weighted by Crippen LogP contribution is -2.23. The molecule has 106 valence electrons. The average molecular weight is 265 g/mol. The highest BCUT2D eigenvalue weighted by Crippen LogP contribution is 2.16. The smallest absolute Gasteiger partial charge is 0.307 e. The fourth-order valence-corrected chi connectivity index (χ4v) is 1.87. The van der Waals surface area contributed by atoms with Gasteiger partial charge in [0, 0.05) is 6.54 Å². The van der Waals surface area contributed by atoms with Gasteiger partial charge in [-0.2, -0.15) is 0 Å². The van der Waals surface area contributed by atoms with E-state index in [4.69, 9.17) is 15.6 Å². The van der Waals surface area contributed by atoms with Gasteiger partial charge in [0.25, 0.3) is 0 Å². The molecule has 0 aliphatic carbocycles. The topological polar surface area (TPSA) is 72.5 Å². The van der Waals surface area contributed by atoms with E-state index in [-0.39, 0.29) is 6.54 Å². The molecular weight excluding hydrogens is 242 g/mol. The summed E-state index contributed by atoms with van der Waals surface area (Å²) >= 11 is 0. The van der Waals surface area contributed by atoms with Crippen LogP contribution in [0, 0.1) is 11.8 Å². The Morgan fingerprint density at radius 2 is 1.95 bits per heavy atom. The van der Waals surface area contributed by atoms with Crippen molar-refractivity contribution in [3.05, 3.63) is 30.3 Å². The Morgan fingerprint density at radius 3 is 2.53 bits per heavy atom. The normalized spacial score (nSPS) is 13.8. The fraction of sp³-hybridized carbons (Fsp3) is 0.533. The van der Waals surface area contributed by atoms with Crippen LogP contribution in [0.4, 0.5) is 0 Å². The van der Waals surface area contributed by atoms with Crippen LogP contribution >= 0.6 is 0 Å². The van der Waals surface area contributed by atoms with Gasteiger partial charge in [-0.3, -0.25) is 4.79 Å². The number of hydrogen-bond donors (Lipinski definition) is 2. The molecule has 0 radical (unpaired) electrons. The molecule has 0 saturated carbocycles. The molecule has 0 saturated heterocycles. The largest absolute Gasteiger partial charge is 0.494 e. The lowest BCUT2D eigenvalue weighted by Gasteiger charge is -2.15. The predicted octanol–water partition coefficient (Wildman–Crippen LogP) is 2.53. The van der Waals surface area contributed by atoms with E-state index in [2.05, 4.69) is 6.92 Å². The molecule has 2 atom stereocenters. The molecule has 1 rings (SSSR count). The van der Waals surface area contributed by atoms with Gasteiger partial charge >= 0.3 is 5.97 Å². The second kappa shape index (κ2) is 8.53. The molecule has 0 heterocycles. The molecule has 0 spiro atoms. The zero-order valence-electron chi connectivity index (χ0n) is 11.4. The highest BCUT2D eigenvalue weighted by Gasteiger charge is 2.16. The van der Waals surface area contributed by atoms with E-state index in [9.17, 15) is 4.79 Å². The Kier molecular flexibility index (Phi) is 6.97. The summed E-state index contributed by atoms with van der Waals surface area (Å²) < 4.78 is 5.62. The van der Waals surface area contributed by atoms with Gasteiger partial charge in [-0.15, -0.1) is 0 Å². The minimum absolute atomic E-state index is 0.211. The third-order valence-corrected chi connectivity index (χ3v) is 3.26. The third-order valence-electron chi connectivity index (χ3n) is 3.26. The highest BCUT2D eigenvalue weighted by molar-refractivity contribution is 5.70. The van der Waals surface area contributed by atoms with Crippen molar-refractivity contribution in [1.82, 2.24) is 0 Å². The molecule has 0 aromatic heterocycles. The van der Waals surface area contributed by atoms with Crippen molar-refractivity contribution in [2.45, 2.75) is 26.2 Å². The monoisotopic (exact) mass is 265 g/mol. The molecule has 0 aliphatic rings. The van der Waals surface area contributed by atoms with Crippen LogP contribution in [0.15, 0.2) is 30.3 Å². The van der Waals surface area contributed by atoms with E-state index in [1.54, 1.807) is 0 Å². The maximum atomic E-state index is 10.8. The van der Waals surface area contributed by atoms with E-state index in [0.29, 0.717) is 18.9 Å². The minimum Gasteiger partial charge on any atom is -0.494 e. The van der Waals surface area contributed by atoms with Crippen LogP contribution in [-0.2, 0) is 4.79 Å². The number of benzene rings is 1. The summed E-state index contributed by atoms with van der Waals surface area (Å²) in [5.74, 6) is 0.102. The zero-order valence-corrected chi connectivity index (χ0v) is 11.4. The molecule has 0 fully saturated rings. The van der Waals surface area contributed by atoms with E-state index >= 15 is 0 Å². The van der Waals surface area contributed by atoms with Crippen molar-refractivity contribution < 1.29 is 14.6 Å². The van der Waals surface area contributed by atoms with Crippen molar-refractivity contribution in [2.75, 3.05) is 13.2 Å². The first kappa shape index (κ1) is 15.5. The van der Waals surface area contributed by atoms with Gasteiger partial charge in [-0.25, -0.2) is 0 Å². The number of aliphatic carboxylic acids is 1. The Balaban J connectivity index is 2.17. The lowest BCUT2D eigenvalue weighted by atomic mass is 9.95. The van der Waals surface area contributed by atoms with Gasteiger partial charge in [-0.1, -0.05) is 25.1 Å². The number of rotatable bonds is 9. The number of carbonyl (C=O) groups is 1. The molecule has 4 nitrogen and oxygen atoms in total. The van der Waals surface area contributed by atoms with Crippen molar-refractivity contribution in [2.24, 2.45) is 17.6 Å². The number of hydrogen-bond acceptors (Lipinski definition) is 3. The Bertz CT molecular complexity index is 367. The number of nitrogens with two attached hydrogens (primary N) is 1. The van der Waals surface area contributed by atoms with E-state index in [1.165, 1.54) is 0 Å². The van der Waals surface area contributed by atoms with Crippen LogP contribution in [0.25, 0.3) is 0 Å². The summed E-state index contributed by atoms with van der Waals surface area (Å²) in [6.07, 6.45) is 2.43. The number of carboxylic acids is 1. The molecule has 0 aliphatic heterocycles. The Labute approximate surface area is 114 Å². The molecule has 4 heteroatoms. The van der Waals surface area contributed by atoms with Gasteiger partial charge in [0.1, 0.15) is 5.75 Å². The summed E-state index contributed by atoms with van der Waals surface area (Å²) in [6, 6.07) is 9.70. The van der Waals surface area contributed by atoms with Crippen molar-refractivity contribution in [3.8, 4) is 5.75 Å². The van der Waals surface area contributed by atoms with Gasteiger partial charge in [0.2, 0.25) is 0 Å². The number of para-hydroxylation sites is 1. The molecule has 0 bridgehead atoms. The van der Waals surface area contributed by atoms with Crippen LogP contribution in [0.1, 0.15) is 26.2 Å². The quantitative estimate of drug-likeness (QED) is 0.719. The van der Waals surface area contributed by atoms with E-state index in [1.807, 2.05) is 30.3 Å². The molecular formula is C15H23NO3. The lowest BCUT2D eigenvalue weighted by molar-refractivity contribution is -0.141. The number of ether oxygens (including phenoxy) is 1. The first-order valence-corrected chi connectivity index (χ1v) is 6.74. The molecule has 1 aromatic rings. The maximum Gasteiger partial charge on any atom is 0.307 e. The van der Waals surface area contributed by atoms with Crippen molar-refractivity contribution in [3.63, 3.8) is 0 Å². The minimum atomic E-state index is -0.796. The van der Waals surface area contributed by atoms with Crippen LogP contribution in [0.3, 0.4) is 0 Å². The zero-order chi connectivity index (χ0) is 14.1. The molecule has 1 aromatic carbocycles. The SMILES string of the molecule is CC(CCOc1ccccc1)CCC(CN)C(=O)O. The van der Waals surface area contributed by atoms with Gasteiger partial charge in [0.15, 0.2) is 0 Å². The average Bonchev–Trinajstić information content (AvgIpc) is 2.40. The second-order valence-electron chi connectivity index (χ2n) is 4.90. The Hall–Kier alpha value is -1.55. The van der Waals surface area contributed by atoms with Crippen molar-refractivity contribution >= 4 is 5.97 Å². The van der Waals surface area contributed by atoms with E-state index < -0.39 is 11.9 Å². The van der Waals surface area contributed by atoms with Crippen LogP contribution in [-0.4, -0.2) is 24.2 Å². The van der Waals surface area contributed by atoms with Crippen LogP contribution in [0.2, 0.25) is 0 Å². The fourth-order valence-electron chi connectivity index (χ4n) is 1.87. The molecule has 19 heavy (non-hydrogen) atoms. The second-order valence-corrected chi connectivity index (χ2v) is 4.90. The van der Waals surface area contributed by atoms with E-state index in [0.717, 1.165) is 18.6 Å². The summed E-state index contributed by atoms with van der Waals surface area (Å²) in [5, 5.41) is 8.91.